The van der Waals surface area contributed by atoms with Crippen LogP contribution in [0.15, 0.2) is 59.4 Å². The number of carbonyl (C=O) groups is 1. The Kier molecular flexibility index (Phi) is 3.89. The Bertz CT molecular complexity index is 1080. The summed E-state index contributed by atoms with van der Waals surface area (Å²) in [5, 5.41) is 9.24. The molecule has 0 atom stereocenters. The van der Waals surface area contributed by atoms with Crippen molar-refractivity contribution in [2.75, 3.05) is 10.6 Å². The van der Waals surface area contributed by atoms with Crippen LogP contribution in [0.1, 0.15) is 11.3 Å². The fraction of sp³-hybridized carbons (Fsp3) is 0.105. The summed E-state index contributed by atoms with van der Waals surface area (Å²) in [6.45, 7) is 3.66. The molecule has 2 aromatic heterocycles. The van der Waals surface area contributed by atoms with E-state index in [1.165, 1.54) is 0 Å². The Balaban J connectivity index is 1.49. The first-order valence-corrected chi connectivity index (χ1v) is 8.15. The number of imidazole rings is 1. The van der Waals surface area contributed by atoms with Crippen LogP contribution in [0.3, 0.4) is 0 Å². The average Bonchev–Trinajstić information content (AvgIpc) is 3.21. The van der Waals surface area contributed by atoms with Gasteiger partial charge in [0.05, 0.1) is 16.7 Å². The van der Waals surface area contributed by atoms with Crippen molar-refractivity contribution in [2.45, 2.75) is 13.8 Å². The Morgan fingerprint density at radius 1 is 1.04 bits per heavy atom. The Hall–Kier alpha value is -3.61. The maximum Gasteiger partial charge on any atom is 0.326 e. The lowest BCUT2D eigenvalue weighted by Gasteiger charge is -2.08. The summed E-state index contributed by atoms with van der Waals surface area (Å²) in [4.78, 5) is 16.5. The molecule has 2 N–H and O–H groups in total. The highest BCUT2D eigenvalue weighted by molar-refractivity contribution is 5.99. The highest BCUT2D eigenvalue weighted by atomic mass is 16.5. The van der Waals surface area contributed by atoms with Crippen LogP contribution in [-0.4, -0.2) is 20.7 Å². The first kappa shape index (κ1) is 15.9. The predicted molar refractivity (Wildman–Crippen MR) is 99.7 cm³/mol. The highest BCUT2D eigenvalue weighted by Gasteiger charge is 2.12. The zero-order chi connectivity index (χ0) is 18.1. The number of para-hydroxylation sites is 2. The molecule has 2 amide bonds. The molecule has 0 unspecified atom stereocenters. The van der Waals surface area contributed by atoms with Crippen molar-refractivity contribution in [3.63, 3.8) is 0 Å². The fourth-order valence-electron chi connectivity index (χ4n) is 2.67. The molecule has 4 rings (SSSR count). The third-order valence-electron chi connectivity index (χ3n) is 4.24. The number of nitrogens with zero attached hydrogens (tertiary/aromatic N) is 3. The number of hydrogen-bond acceptors (Lipinski definition) is 4. The number of aromatic nitrogens is 3. The second-order valence-corrected chi connectivity index (χ2v) is 5.95. The number of urea groups is 1. The van der Waals surface area contributed by atoms with E-state index in [1.54, 1.807) is 6.33 Å². The normalized spacial score (nSPS) is 10.8. The third kappa shape index (κ3) is 2.90. The molecular formula is C19H17N5O2. The number of carbonyl (C=O) groups excluding carboxylic acids is 1. The van der Waals surface area contributed by atoms with Crippen molar-refractivity contribution in [3.05, 3.63) is 66.1 Å². The summed E-state index contributed by atoms with van der Waals surface area (Å²) in [6, 6.07) is 15.1. The molecule has 2 aromatic carbocycles. The summed E-state index contributed by atoms with van der Waals surface area (Å²) in [5.41, 5.74) is 5.16. The molecule has 7 nitrogen and oxygen atoms in total. The largest absolute Gasteiger partial charge is 0.338 e. The van der Waals surface area contributed by atoms with Gasteiger partial charge in [0.15, 0.2) is 0 Å². The summed E-state index contributed by atoms with van der Waals surface area (Å²) in [6.07, 6.45) is 1.79. The minimum absolute atomic E-state index is 0.349. The Labute approximate surface area is 149 Å². The second kappa shape index (κ2) is 6.36. The van der Waals surface area contributed by atoms with Gasteiger partial charge in [-0.05, 0) is 50.2 Å². The third-order valence-corrected chi connectivity index (χ3v) is 4.24. The van der Waals surface area contributed by atoms with Gasteiger partial charge in [0.1, 0.15) is 6.33 Å². The van der Waals surface area contributed by atoms with E-state index in [4.69, 9.17) is 4.52 Å². The van der Waals surface area contributed by atoms with E-state index in [0.717, 1.165) is 28.0 Å². The molecule has 26 heavy (non-hydrogen) atoms. The molecule has 0 bridgehead atoms. The van der Waals surface area contributed by atoms with E-state index in [0.29, 0.717) is 11.6 Å². The SMILES string of the molecule is Cc1noc(NC(=O)Nc2ccc(-n3cnc4ccccc43)cc2)c1C. The summed E-state index contributed by atoms with van der Waals surface area (Å²) >= 11 is 0. The molecule has 7 heteroatoms. The van der Waals surface area contributed by atoms with Gasteiger partial charge in [0.25, 0.3) is 0 Å². The van der Waals surface area contributed by atoms with Gasteiger partial charge < -0.3 is 9.84 Å². The molecule has 0 spiro atoms. The molecule has 0 aliphatic carbocycles. The smallest absolute Gasteiger partial charge is 0.326 e. The number of benzene rings is 2. The molecule has 0 fully saturated rings. The summed E-state index contributed by atoms with van der Waals surface area (Å²) < 4.78 is 7.08. The number of anilines is 2. The maximum atomic E-state index is 12.1. The van der Waals surface area contributed by atoms with Crippen molar-refractivity contribution in [1.82, 2.24) is 14.7 Å². The molecule has 2 heterocycles. The van der Waals surface area contributed by atoms with Crippen LogP contribution in [0, 0.1) is 13.8 Å². The van der Waals surface area contributed by atoms with Crippen molar-refractivity contribution in [3.8, 4) is 5.69 Å². The number of nitrogens with one attached hydrogen (secondary N) is 2. The number of rotatable bonds is 3. The lowest BCUT2D eigenvalue weighted by Crippen LogP contribution is -2.19. The number of aryl methyl sites for hydroxylation is 1. The van der Waals surface area contributed by atoms with Gasteiger partial charge in [0, 0.05) is 16.9 Å². The van der Waals surface area contributed by atoms with Gasteiger partial charge in [-0.1, -0.05) is 17.3 Å². The van der Waals surface area contributed by atoms with Crippen molar-refractivity contribution in [2.24, 2.45) is 0 Å². The standard InChI is InChI=1S/C19H17N5O2/c1-12-13(2)23-26-18(12)22-19(25)21-14-7-9-15(10-8-14)24-11-20-16-5-3-4-6-17(16)24/h3-11H,1-2H3,(H2,21,22,25). The van der Waals surface area contributed by atoms with Gasteiger partial charge in [0.2, 0.25) is 5.88 Å². The topological polar surface area (TPSA) is 85.0 Å². The quantitative estimate of drug-likeness (QED) is 0.579. The number of amides is 2. The van der Waals surface area contributed by atoms with Crippen LogP contribution in [0.4, 0.5) is 16.4 Å². The molecular weight excluding hydrogens is 330 g/mol. The summed E-state index contributed by atoms with van der Waals surface area (Å²) in [7, 11) is 0. The maximum absolute atomic E-state index is 12.1. The Morgan fingerprint density at radius 3 is 2.54 bits per heavy atom. The van der Waals surface area contributed by atoms with Gasteiger partial charge in [-0.15, -0.1) is 0 Å². The molecule has 0 aliphatic rings. The van der Waals surface area contributed by atoms with Crippen molar-refractivity contribution < 1.29 is 9.32 Å². The van der Waals surface area contributed by atoms with Gasteiger partial charge in [-0.2, -0.15) is 0 Å². The molecule has 0 saturated heterocycles. The van der Waals surface area contributed by atoms with Crippen LogP contribution in [-0.2, 0) is 0 Å². The van der Waals surface area contributed by atoms with Gasteiger partial charge >= 0.3 is 6.03 Å². The Morgan fingerprint density at radius 2 is 1.81 bits per heavy atom. The fourth-order valence-corrected chi connectivity index (χ4v) is 2.67. The predicted octanol–water partition coefficient (Wildman–Crippen LogP) is 4.27. The van der Waals surface area contributed by atoms with Crippen LogP contribution in [0.5, 0.6) is 0 Å². The van der Waals surface area contributed by atoms with E-state index in [-0.39, 0.29) is 6.03 Å². The number of fused-ring (bicyclic) bond motifs is 1. The van der Waals surface area contributed by atoms with E-state index in [2.05, 4.69) is 20.8 Å². The van der Waals surface area contributed by atoms with Crippen molar-refractivity contribution in [1.29, 1.82) is 0 Å². The summed E-state index contributed by atoms with van der Waals surface area (Å²) in [5.74, 6) is 0.349. The molecule has 130 valence electrons. The zero-order valence-electron chi connectivity index (χ0n) is 14.4. The lowest BCUT2D eigenvalue weighted by atomic mass is 10.2. The molecule has 4 aromatic rings. The van der Waals surface area contributed by atoms with Crippen LogP contribution in [0.25, 0.3) is 16.7 Å². The van der Waals surface area contributed by atoms with Crippen LogP contribution >= 0.6 is 0 Å². The monoisotopic (exact) mass is 347 g/mol. The first-order chi connectivity index (χ1) is 12.6. The second-order valence-electron chi connectivity index (χ2n) is 5.95. The van der Waals surface area contributed by atoms with Gasteiger partial charge in [-0.3, -0.25) is 9.88 Å². The zero-order valence-corrected chi connectivity index (χ0v) is 14.4. The highest BCUT2D eigenvalue weighted by Crippen LogP contribution is 2.20. The minimum Gasteiger partial charge on any atom is -0.338 e. The van der Waals surface area contributed by atoms with Crippen molar-refractivity contribution >= 4 is 28.6 Å². The molecule has 0 aliphatic heterocycles. The van der Waals surface area contributed by atoms with E-state index in [9.17, 15) is 4.79 Å². The van der Waals surface area contributed by atoms with Gasteiger partial charge in [-0.25, -0.2) is 9.78 Å². The first-order valence-electron chi connectivity index (χ1n) is 8.15. The molecule has 0 saturated carbocycles. The number of hydrogen-bond donors (Lipinski definition) is 2. The van der Waals surface area contributed by atoms with Crippen LogP contribution < -0.4 is 10.6 Å². The van der Waals surface area contributed by atoms with E-state index < -0.39 is 0 Å². The van der Waals surface area contributed by atoms with E-state index >= 15 is 0 Å². The lowest BCUT2D eigenvalue weighted by molar-refractivity contribution is 0.261. The minimum atomic E-state index is -0.384. The molecule has 0 radical (unpaired) electrons. The van der Waals surface area contributed by atoms with E-state index in [1.807, 2.05) is 66.9 Å². The van der Waals surface area contributed by atoms with Crippen LogP contribution in [0.2, 0.25) is 0 Å². The average molecular weight is 347 g/mol.